The number of halogens is 1. The van der Waals surface area contributed by atoms with Crippen molar-refractivity contribution >= 4 is 17.5 Å². The maximum absolute atomic E-state index is 12.5. The zero-order chi connectivity index (χ0) is 20.1. The monoisotopic (exact) mass is 412 g/mol. The number of rotatable bonds is 5. The number of nitrogens with one attached hydrogen (secondary N) is 1. The van der Waals surface area contributed by atoms with Gasteiger partial charge in [0.25, 0.3) is 0 Å². The van der Waals surface area contributed by atoms with Crippen LogP contribution in [-0.4, -0.2) is 46.5 Å². The summed E-state index contributed by atoms with van der Waals surface area (Å²) >= 11 is 6.13. The highest BCUT2D eigenvalue weighted by Crippen LogP contribution is 2.27. The normalized spacial score (nSPS) is 21.1. The molecule has 1 aliphatic carbocycles. The molecule has 1 saturated carbocycles. The predicted molar refractivity (Wildman–Crippen MR) is 116 cm³/mol. The fourth-order valence-corrected chi connectivity index (χ4v) is 4.72. The van der Waals surface area contributed by atoms with Crippen LogP contribution in [0.4, 0.5) is 0 Å². The molecule has 2 heterocycles. The predicted octanol–water partition coefficient (Wildman–Crippen LogP) is 4.43. The first kappa shape index (κ1) is 20.3. The molecule has 1 N–H and O–H groups in total. The molecule has 0 spiro atoms. The standard InChI is InChI=1S/C23H29ClN4O/c24-19-8-4-6-17(12-19)21-13-25-14-22(27-21)18-7-5-11-28(15-18)16-23(29)26-20-9-2-1-3-10-20/h4,6,8,12-14,18,20H,1-3,5,7,9-11,15-16H2,(H,26,29)/t18-/m1/s1. The van der Waals surface area contributed by atoms with E-state index in [9.17, 15) is 4.79 Å². The Kier molecular flexibility index (Phi) is 6.78. The highest BCUT2D eigenvalue weighted by molar-refractivity contribution is 6.30. The van der Waals surface area contributed by atoms with Crippen molar-refractivity contribution in [1.29, 1.82) is 0 Å². The maximum Gasteiger partial charge on any atom is 0.234 e. The fraction of sp³-hybridized carbons (Fsp3) is 0.522. The maximum atomic E-state index is 12.5. The molecule has 154 valence electrons. The van der Waals surface area contributed by atoms with Crippen LogP contribution in [0, 0.1) is 0 Å². The summed E-state index contributed by atoms with van der Waals surface area (Å²) in [6.45, 7) is 2.30. The Hall–Kier alpha value is -1.98. The lowest BCUT2D eigenvalue weighted by atomic mass is 9.94. The average molecular weight is 413 g/mol. The topological polar surface area (TPSA) is 58.1 Å². The van der Waals surface area contributed by atoms with E-state index in [1.54, 1.807) is 6.20 Å². The van der Waals surface area contributed by atoms with Gasteiger partial charge in [0.15, 0.2) is 0 Å². The number of piperidine rings is 1. The number of carbonyl (C=O) groups is 1. The summed E-state index contributed by atoms with van der Waals surface area (Å²) in [7, 11) is 0. The van der Waals surface area contributed by atoms with Crippen molar-refractivity contribution in [2.24, 2.45) is 0 Å². The van der Waals surface area contributed by atoms with Gasteiger partial charge in [-0.05, 0) is 44.4 Å². The van der Waals surface area contributed by atoms with Crippen molar-refractivity contribution in [1.82, 2.24) is 20.2 Å². The number of aromatic nitrogens is 2. The molecule has 0 bridgehead atoms. The molecule has 2 aliphatic rings. The van der Waals surface area contributed by atoms with Crippen LogP contribution >= 0.6 is 11.6 Å². The number of likely N-dealkylation sites (tertiary alicyclic amines) is 1. The largest absolute Gasteiger partial charge is 0.352 e. The second kappa shape index (κ2) is 9.68. The molecule has 1 aliphatic heterocycles. The van der Waals surface area contributed by atoms with E-state index < -0.39 is 0 Å². The third kappa shape index (κ3) is 5.55. The highest BCUT2D eigenvalue weighted by atomic mass is 35.5. The van der Waals surface area contributed by atoms with Crippen LogP contribution in [0.25, 0.3) is 11.3 Å². The quantitative estimate of drug-likeness (QED) is 0.789. The minimum Gasteiger partial charge on any atom is -0.352 e. The Morgan fingerprint density at radius 1 is 1.14 bits per heavy atom. The van der Waals surface area contributed by atoms with Gasteiger partial charge in [0.1, 0.15) is 0 Å². The van der Waals surface area contributed by atoms with E-state index in [0.29, 0.717) is 23.5 Å². The first-order valence-electron chi connectivity index (χ1n) is 10.8. The van der Waals surface area contributed by atoms with E-state index in [0.717, 1.165) is 55.7 Å². The van der Waals surface area contributed by atoms with E-state index in [-0.39, 0.29) is 5.91 Å². The lowest BCUT2D eigenvalue weighted by Crippen LogP contribution is -2.45. The van der Waals surface area contributed by atoms with Gasteiger partial charge in [-0.2, -0.15) is 0 Å². The second-order valence-corrected chi connectivity index (χ2v) is 8.75. The molecule has 4 rings (SSSR count). The molecule has 1 aromatic heterocycles. The molecule has 1 saturated heterocycles. The number of hydrogen-bond donors (Lipinski definition) is 1. The number of amides is 1. The Labute approximate surface area is 177 Å². The van der Waals surface area contributed by atoms with Gasteiger partial charge in [0.2, 0.25) is 5.91 Å². The smallest absolute Gasteiger partial charge is 0.234 e. The van der Waals surface area contributed by atoms with Gasteiger partial charge in [-0.15, -0.1) is 0 Å². The summed E-state index contributed by atoms with van der Waals surface area (Å²) in [5.41, 5.74) is 2.82. The number of carbonyl (C=O) groups excluding carboxylic acids is 1. The summed E-state index contributed by atoms with van der Waals surface area (Å²) in [5, 5.41) is 3.93. The number of hydrogen-bond acceptors (Lipinski definition) is 4. The zero-order valence-electron chi connectivity index (χ0n) is 16.8. The average Bonchev–Trinajstić information content (AvgIpc) is 2.75. The van der Waals surface area contributed by atoms with Gasteiger partial charge in [-0.3, -0.25) is 14.7 Å². The highest BCUT2D eigenvalue weighted by Gasteiger charge is 2.25. The fourth-order valence-electron chi connectivity index (χ4n) is 4.53. The molecular formula is C23H29ClN4O. The van der Waals surface area contributed by atoms with Crippen LogP contribution < -0.4 is 5.32 Å². The molecule has 1 atom stereocenters. The molecule has 2 aromatic rings. The van der Waals surface area contributed by atoms with Gasteiger partial charge in [-0.1, -0.05) is 43.0 Å². The summed E-state index contributed by atoms with van der Waals surface area (Å²) in [5.74, 6) is 0.467. The second-order valence-electron chi connectivity index (χ2n) is 8.32. The van der Waals surface area contributed by atoms with Crippen LogP contribution in [0.2, 0.25) is 5.02 Å². The van der Waals surface area contributed by atoms with Crippen molar-refractivity contribution in [3.63, 3.8) is 0 Å². The van der Waals surface area contributed by atoms with E-state index in [1.165, 1.54) is 19.3 Å². The van der Waals surface area contributed by atoms with Crippen molar-refractivity contribution in [3.05, 3.63) is 47.4 Å². The molecule has 1 aromatic carbocycles. The summed E-state index contributed by atoms with van der Waals surface area (Å²) in [6, 6.07) is 8.08. The molecule has 29 heavy (non-hydrogen) atoms. The lowest BCUT2D eigenvalue weighted by molar-refractivity contribution is -0.123. The Bertz CT molecular complexity index is 837. The molecule has 1 amide bonds. The van der Waals surface area contributed by atoms with E-state index in [2.05, 4.69) is 15.2 Å². The molecule has 0 radical (unpaired) electrons. The molecule has 2 fully saturated rings. The molecule has 5 nitrogen and oxygen atoms in total. The Balaban J connectivity index is 1.38. The van der Waals surface area contributed by atoms with Gasteiger partial charge in [-0.25, -0.2) is 4.98 Å². The SMILES string of the molecule is O=C(CN1CCC[C@@H](c2cncc(-c3cccc(Cl)c3)n2)C1)NC1CCCCC1. The third-order valence-corrected chi connectivity index (χ3v) is 6.27. The van der Waals surface area contributed by atoms with Crippen molar-refractivity contribution < 1.29 is 4.79 Å². The van der Waals surface area contributed by atoms with Gasteiger partial charge >= 0.3 is 0 Å². The number of benzene rings is 1. The van der Waals surface area contributed by atoms with Gasteiger partial charge in [0, 0.05) is 35.3 Å². The van der Waals surface area contributed by atoms with E-state index in [4.69, 9.17) is 16.6 Å². The van der Waals surface area contributed by atoms with Crippen molar-refractivity contribution in [2.75, 3.05) is 19.6 Å². The van der Waals surface area contributed by atoms with Gasteiger partial charge in [0.05, 0.1) is 24.1 Å². The molecular weight excluding hydrogens is 384 g/mol. The van der Waals surface area contributed by atoms with Crippen molar-refractivity contribution in [3.8, 4) is 11.3 Å². The minimum absolute atomic E-state index is 0.163. The number of nitrogens with zero attached hydrogens (tertiary/aromatic N) is 3. The van der Waals surface area contributed by atoms with Crippen molar-refractivity contribution in [2.45, 2.75) is 56.9 Å². The summed E-state index contributed by atoms with van der Waals surface area (Å²) in [6.07, 6.45) is 11.8. The van der Waals surface area contributed by atoms with E-state index in [1.807, 2.05) is 30.5 Å². The minimum atomic E-state index is 0.163. The first-order chi connectivity index (χ1) is 14.2. The van der Waals surface area contributed by atoms with Crippen LogP contribution in [0.5, 0.6) is 0 Å². The van der Waals surface area contributed by atoms with Crippen LogP contribution in [0.3, 0.4) is 0 Å². The van der Waals surface area contributed by atoms with Crippen LogP contribution in [0.15, 0.2) is 36.7 Å². The zero-order valence-corrected chi connectivity index (χ0v) is 17.6. The van der Waals surface area contributed by atoms with Gasteiger partial charge < -0.3 is 5.32 Å². The van der Waals surface area contributed by atoms with E-state index >= 15 is 0 Å². The third-order valence-electron chi connectivity index (χ3n) is 6.03. The summed E-state index contributed by atoms with van der Waals surface area (Å²) < 4.78 is 0. The summed E-state index contributed by atoms with van der Waals surface area (Å²) in [4.78, 5) is 24.1. The Morgan fingerprint density at radius 2 is 2.00 bits per heavy atom. The van der Waals surface area contributed by atoms with Crippen LogP contribution in [0.1, 0.15) is 56.6 Å². The Morgan fingerprint density at radius 3 is 2.83 bits per heavy atom. The first-order valence-corrected chi connectivity index (χ1v) is 11.1. The lowest BCUT2D eigenvalue weighted by Gasteiger charge is -2.32. The molecule has 0 unspecified atom stereocenters. The molecule has 6 heteroatoms. The van der Waals surface area contributed by atoms with Crippen LogP contribution in [-0.2, 0) is 4.79 Å².